The first kappa shape index (κ1) is 16.3. The molecule has 2 rings (SSSR count). The minimum atomic E-state index is -0.465. The molecule has 1 unspecified atom stereocenters. The third kappa shape index (κ3) is 4.71. The Morgan fingerprint density at radius 2 is 2.05 bits per heavy atom. The SMILES string of the molecule is CC1NCCO[C@H]1CNC(=O)NCc1ccc(C(N)=O)cc1. The lowest BCUT2D eigenvalue weighted by molar-refractivity contribution is 0.00381. The van der Waals surface area contributed by atoms with Crippen LogP contribution < -0.4 is 21.7 Å². The zero-order chi connectivity index (χ0) is 15.9. The lowest BCUT2D eigenvalue weighted by Crippen LogP contribution is -2.52. The second-order valence-electron chi connectivity index (χ2n) is 5.28. The van der Waals surface area contributed by atoms with E-state index in [1.54, 1.807) is 24.3 Å². The topological polar surface area (TPSA) is 105 Å². The van der Waals surface area contributed by atoms with E-state index in [0.29, 0.717) is 25.3 Å². The number of rotatable bonds is 5. The largest absolute Gasteiger partial charge is 0.373 e. The number of carbonyl (C=O) groups is 2. The van der Waals surface area contributed by atoms with Crippen LogP contribution in [0.3, 0.4) is 0 Å². The van der Waals surface area contributed by atoms with Crippen molar-refractivity contribution in [2.75, 3.05) is 19.7 Å². The Labute approximate surface area is 129 Å². The molecule has 2 atom stereocenters. The number of primary amides is 1. The Morgan fingerprint density at radius 3 is 2.68 bits per heavy atom. The number of carbonyl (C=O) groups excluding carboxylic acids is 2. The van der Waals surface area contributed by atoms with E-state index in [9.17, 15) is 9.59 Å². The zero-order valence-electron chi connectivity index (χ0n) is 12.6. The van der Waals surface area contributed by atoms with E-state index in [1.807, 2.05) is 6.92 Å². The summed E-state index contributed by atoms with van der Waals surface area (Å²) in [6.07, 6.45) is -0.0191. The molecular formula is C15H22N4O3. The fourth-order valence-corrected chi connectivity index (χ4v) is 2.23. The molecule has 0 saturated carbocycles. The summed E-state index contributed by atoms with van der Waals surface area (Å²) in [5.74, 6) is -0.465. The lowest BCUT2D eigenvalue weighted by atomic mass is 10.1. The second kappa shape index (κ2) is 7.77. The van der Waals surface area contributed by atoms with Crippen LogP contribution in [0.4, 0.5) is 4.79 Å². The van der Waals surface area contributed by atoms with Gasteiger partial charge in [-0.25, -0.2) is 4.79 Å². The van der Waals surface area contributed by atoms with Gasteiger partial charge in [0.2, 0.25) is 5.91 Å². The van der Waals surface area contributed by atoms with Gasteiger partial charge in [-0.15, -0.1) is 0 Å². The molecule has 1 aromatic carbocycles. The molecule has 120 valence electrons. The van der Waals surface area contributed by atoms with Crippen molar-refractivity contribution in [1.82, 2.24) is 16.0 Å². The highest BCUT2D eigenvalue weighted by molar-refractivity contribution is 5.92. The lowest BCUT2D eigenvalue weighted by Gasteiger charge is -2.30. The summed E-state index contributed by atoms with van der Waals surface area (Å²) < 4.78 is 5.59. The summed E-state index contributed by atoms with van der Waals surface area (Å²) in [5.41, 5.74) is 6.51. The summed E-state index contributed by atoms with van der Waals surface area (Å²) in [6, 6.07) is 6.77. The van der Waals surface area contributed by atoms with Gasteiger partial charge < -0.3 is 26.4 Å². The van der Waals surface area contributed by atoms with Gasteiger partial charge in [0.15, 0.2) is 0 Å². The predicted molar refractivity (Wildman–Crippen MR) is 82.4 cm³/mol. The number of urea groups is 1. The number of ether oxygens (including phenoxy) is 1. The van der Waals surface area contributed by atoms with E-state index >= 15 is 0 Å². The Hall–Kier alpha value is -2.12. The van der Waals surface area contributed by atoms with E-state index in [2.05, 4.69) is 16.0 Å². The van der Waals surface area contributed by atoms with Gasteiger partial charge in [-0.2, -0.15) is 0 Å². The van der Waals surface area contributed by atoms with E-state index in [1.165, 1.54) is 0 Å². The predicted octanol–water partition coefficient (Wildman–Crippen LogP) is -0.0384. The highest BCUT2D eigenvalue weighted by Crippen LogP contribution is 2.04. The van der Waals surface area contributed by atoms with Gasteiger partial charge in [0, 0.05) is 31.2 Å². The van der Waals surface area contributed by atoms with E-state index in [-0.39, 0.29) is 18.2 Å². The van der Waals surface area contributed by atoms with E-state index in [4.69, 9.17) is 10.5 Å². The molecule has 7 heteroatoms. The van der Waals surface area contributed by atoms with Crippen molar-refractivity contribution in [3.63, 3.8) is 0 Å². The van der Waals surface area contributed by atoms with E-state index < -0.39 is 5.91 Å². The molecule has 1 heterocycles. The molecule has 0 spiro atoms. The molecule has 1 aliphatic rings. The minimum Gasteiger partial charge on any atom is -0.373 e. The smallest absolute Gasteiger partial charge is 0.315 e. The van der Waals surface area contributed by atoms with Gasteiger partial charge in [0.1, 0.15) is 0 Å². The number of hydrogen-bond donors (Lipinski definition) is 4. The first-order valence-corrected chi connectivity index (χ1v) is 7.31. The number of benzene rings is 1. The number of hydrogen-bond acceptors (Lipinski definition) is 4. The fourth-order valence-electron chi connectivity index (χ4n) is 2.23. The Morgan fingerprint density at radius 1 is 1.32 bits per heavy atom. The van der Waals surface area contributed by atoms with Crippen LogP contribution in [-0.2, 0) is 11.3 Å². The quantitative estimate of drug-likeness (QED) is 0.612. The zero-order valence-corrected chi connectivity index (χ0v) is 12.6. The summed E-state index contributed by atoms with van der Waals surface area (Å²) in [6.45, 7) is 4.37. The van der Waals surface area contributed by atoms with Crippen LogP contribution in [0.15, 0.2) is 24.3 Å². The van der Waals surface area contributed by atoms with Crippen molar-refractivity contribution in [2.24, 2.45) is 5.73 Å². The molecule has 7 nitrogen and oxygen atoms in total. The minimum absolute atomic E-state index is 0.0191. The molecule has 5 N–H and O–H groups in total. The molecule has 0 radical (unpaired) electrons. The summed E-state index contributed by atoms with van der Waals surface area (Å²) in [5, 5.41) is 8.85. The molecule has 0 aromatic heterocycles. The monoisotopic (exact) mass is 306 g/mol. The number of nitrogens with one attached hydrogen (secondary N) is 3. The third-order valence-electron chi connectivity index (χ3n) is 3.61. The standard InChI is InChI=1S/C15H22N4O3/c1-10-13(22-7-6-17-10)9-19-15(21)18-8-11-2-4-12(5-3-11)14(16)20/h2-5,10,13,17H,6-9H2,1H3,(H2,16,20)(H2,18,19,21)/t10?,13-/m0/s1. The van der Waals surface area contributed by atoms with Gasteiger partial charge in [0.05, 0.1) is 12.7 Å². The highest BCUT2D eigenvalue weighted by atomic mass is 16.5. The highest BCUT2D eigenvalue weighted by Gasteiger charge is 2.21. The van der Waals surface area contributed by atoms with Gasteiger partial charge in [-0.1, -0.05) is 12.1 Å². The van der Waals surface area contributed by atoms with Gasteiger partial charge >= 0.3 is 6.03 Å². The Balaban J connectivity index is 1.72. The van der Waals surface area contributed by atoms with Crippen LogP contribution in [0.2, 0.25) is 0 Å². The summed E-state index contributed by atoms with van der Waals surface area (Å²) >= 11 is 0. The van der Waals surface area contributed by atoms with Crippen molar-refractivity contribution in [3.05, 3.63) is 35.4 Å². The van der Waals surface area contributed by atoms with E-state index in [0.717, 1.165) is 12.1 Å². The summed E-state index contributed by atoms with van der Waals surface area (Å²) in [4.78, 5) is 22.7. The molecule has 0 bridgehead atoms. The maximum Gasteiger partial charge on any atom is 0.315 e. The first-order chi connectivity index (χ1) is 10.6. The first-order valence-electron chi connectivity index (χ1n) is 7.31. The number of morpholine rings is 1. The van der Waals surface area contributed by atoms with Crippen molar-refractivity contribution in [1.29, 1.82) is 0 Å². The fraction of sp³-hybridized carbons (Fsp3) is 0.467. The van der Waals surface area contributed by atoms with Crippen molar-refractivity contribution in [3.8, 4) is 0 Å². The Bertz CT molecular complexity index is 518. The molecule has 1 aromatic rings. The van der Waals surface area contributed by atoms with Crippen LogP contribution in [0, 0.1) is 0 Å². The maximum absolute atomic E-state index is 11.8. The van der Waals surface area contributed by atoms with Crippen LogP contribution in [-0.4, -0.2) is 43.8 Å². The average Bonchev–Trinajstić information content (AvgIpc) is 2.52. The third-order valence-corrected chi connectivity index (χ3v) is 3.61. The van der Waals surface area contributed by atoms with Crippen LogP contribution in [0.1, 0.15) is 22.8 Å². The molecule has 1 aliphatic heterocycles. The van der Waals surface area contributed by atoms with Crippen LogP contribution >= 0.6 is 0 Å². The average molecular weight is 306 g/mol. The molecular weight excluding hydrogens is 284 g/mol. The van der Waals surface area contributed by atoms with Gasteiger partial charge in [0.25, 0.3) is 0 Å². The van der Waals surface area contributed by atoms with Crippen molar-refractivity contribution < 1.29 is 14.3 Å². The van der Waals surface area contributed by atoms with Crippen molar-refractivity contribution in [2.45, 2.75) is 25.6 Å². The van der Waals surface area contributed by atoms with Gasteiger partial charge in [-0.3, -0.25) is 4.79 Å². The Kier molecular flexibility index (Phi) is 5.74. The molecule has 3 amide bonds. The number of amides is 3. The second-order valence-corrected chi connectivity index (χ2v) is 5.28. The van der Waals surface area contributed by atoms with Crippen LogP contribution in [0.25, 0.3) is 0 Å². The van der Waals surface area contributed by atoms with Crippen LogP contribution in [0.5, 0.6) is 0 Å². The maximum atomic E-state index is 11.8. The summed E-state index contributed by atoms with van der Waals surface area (Å²) in [7, 11) is 0. The molecule has 1 fully saturated rings. The number of nitrogens with two attached hydrogens (primary N) is 1. The van der Waals surface area contributed by atoms with Crippen molar-refractivity contribution >= 4 is 11.9 Å². The molecule has 22 heavy (non-hydrogen) atoms. The molecule has 1 saturated heterocycles. The molecule has 0 aliphatic carbocycles. The normalized spacial score (nSPS) is 21.1. The van der Waals surface area contributed by atoms with Gasteiger partial charge in [-0.05, 0) is 24.6 Å².